The van der Waals surface area contributed by atoms with Gasteiger partial charge in [0.25, 0.3) is 5.91 Å². The van der Waals surface area contributed by atoms with E-state index in [0.29, 0.717) is 17.7 Å². The molecule has 2 aromatic rings. The minimum absolute atomic E-state index is 0.0775. The summed E-state index contributed by atoms with van der Waals surface area (Å²) in [6.07, 6.45) is 1.49. The van der Waals surface area contributed by atoms with Gasteiger partial charge in [0.15, 0.2) is 12.4 Å². The lowest BCUT2D eigenvalue weighted by molar-refractivity contribution is -0.154. The first-order chi connectivity index (χ1) is 15.6. The van der Waals surface area contributed by atoms with E-state index in [-0.39, 0.29) is 25.0 Å². The Labute approximate surface area is 187 Å². The van der Waals surface area contributed by atoms with Crippen LogP contribution >= 0.6 is 0 Å². The van der Waals surface area contributed by atoms with Crippen molar-refractivity contribution in [2.24, 2.45) is 0 Å². The van der Waals surface area contributed by atoms with E-state index in [4.69, 9.17) is 19.5 Å². The fraction of sp³-hybridized carbons (Fsp3) is 0.360. The van der Waals surface area contributed by atoms with Gasteiger partial charge in [0.05, 0.1) is 11.6 Å². The number of ether oxygens (including phenoxy) is 3. The number of carbonyl (C=O) groups is 1. The average molecular weight is 436 g/mol. The van der Waals surface area contributed by atoms with Gasteiger partial charge in [0.1, 0.15) is 12.4 Å². The minimum Gasteiger partial charge on any atom is -0.367 e. The summed E-state index contributed by atoms with van der Waals surface area (Å²) >= 11 is 0. The van der Waals surface area contributed by atoms with E-state index < -0.39 is 17.8 Å². The van der Waals surface area contributed by atoms with Crippen LogP contribution in [0.4, 0.5) is 4.39 Å². The summed E-state index contributed by atoms with van der Waals surface area (Å²) in [5.41, 5.74) is 1.78. The molecule has 7 heteroatoms. The largest absolute Gasteiger partial charge is 0.367 e. The number of amides is 1. The van der Waals surface area contributed by atoms with Crippen LogP contribution in [0.2, 0.25) is 0 Å². The van der Waals surface area contributed by atoms with Crippen LogP contribution in [0, 0.1) is 29.0 Å². The SMILES string of the molecule is COC(C(=O)NCc1ccc(C#N)cc1)c1c(F)cccc1C#CCOC1CCCCO1. The number of carbonyl (C=O) groups excluding carboxylic acids is 1. The maximum absolute atomic E-state index is 14.7. The van der Waals surface area contributed by atoms with Crippen LogP contribution in [-0.2, 0) is 25.5 Å². The maximum Gasteiger partial charge on any atom is 0.254 e. The Kier molecular flexibility index (Phi) is 8.77. The van der Waals surface area contributed by atoms with Gasteiger partial charge in [-0.25, -0.2) is 4.39 Å². The Bertz CT molecular complexity index is 1010. The molecule has 32 heavy (non-hydrogen) atoms. The van der Waals surface area contributed by atoms with Crippen LogP contribution in [0.1, 0.15) is 47.6 Å². The number of nitrogens with one attached hydrogen (secondary N) is 1. The molecule has 0 saturated carbocycles. The van der Waals surface area contributed by atoms with Gasteiger partial charge in [-0.1, -0.05) is 30.0 Å². The van der Waals surface area contributed by atoms with Crippen molar-refractivity contribution < 1.29 is 23.4 Å². The second kappa shape index (κ2) is 12.0. The smallest absolute Gasteiger partial charge is 0.254 e. The first-order valence-corrected chi connectivity index (χ1v) is 10.4. The van der Waals surface area contributed by atoms with Gasteiger partial charge in [-0.3, -0.25) is 4.79 Å². The second-order valence-corrected chi connectivity index (χ2v) is 7.25. The summed E-state index contributed by atoms with van der Waals surface area (Å²) in [4.78, 5) is 12.8. The molecule has 1 heterocycles. The number of rotatable bonds is 7. The van der Waals surface area contributed by atoms with Crippen molar-refractivity contribution in [3.8, 4) is 17.9 Å². The number of benzene rings is 2. The predicted molar refractivity (Wildman–Crippen MR) is 116 cm³/mol. The van der Waals surface area contributed by atoms with Crippen molar-refractivity contribution in [3.05, 3.63) is 70.5 Å². The van der Waals surface area contributed by atoms with Crippen molar-refractivity contribution in [3.63, 3.8) is 0 Å². The molecular formula is C25H25FN2O4. The Morgan fingerprint density at radius 2 is 2.09 bits per heavy atom. The lowest BCUT2D eigenvalue weighted by Crippen LogP contribution is -2.31. The zero-order chi connectivity index (χ0) is 22.8. The average Bonchev–Trinajstić information content (AvgIpc) is 2.83. The molecule has 0 bridgehead atoms. The normalized spacial score (nSPS) is 16.3. The molecule has 1 aliphatic rings. The van der Waals surface area contributed by atoms with Crippen LogP contribution in [0.5, 0.6) is 0 Å². The van der Waals surface area contributed by atoms with E-state index in [9.17, 15) is 9.18 Å². The number of halogens is 1. The van der Waals surface area contributed by atoms with Gasteiger partial charge in [0.2, 0.25) is 0 Å². The summed E-state index contributed by atoms with van der Waals surface area (Å²) < 4.78 is 31.1. The summed E-state index contributed by atoms with van der Waals surface area (Å²) in [6, 6.07) is 13.3. The Hall–Kier alpha value is -3.23. The first-order valence-electron chi connectivity index (χ1n) is 10.4. The van der Waals surface area contributed by atoms with E-state index in [1.807, 2.05) is 6.07 Å². The summed E-state index contributed by atoms with van der Waals surface area (Å²) in [5.74, 6) is 4.69. The Balaban J connectivity index is 1.67. The van der Waals surface area contributed by atoms with Crippen molar-refractivity contribution >= 4 is 5.91 Å². The van der Waals surface area contributed by atoms with E-state index in [0.717, 1.165) is 24.8 Å². The van der Waals surface area contributed by atoms with Crippen LogP contribution < -0.4 is 5.32 Å². The molecule has 2 aromatic carbocycles. The number of nitriles is 1. The molecule has 0 aliphatic carbocycles. The molecule has 1 amide bonds. The topological polar surface area (TPSA) is 80.6 Å². The van der Waals surface area contributed by atoms with Crippen molar-refractivity contribution in [1.82, 2.24) is 5.32 Å². The van der Waals surface area contributed by atoms with Gasteiger partial charge in [-0.15, -0.1) is 0 Å². The second-order valence-electron chi connectivity index (χ2n) is 7.25. The van der Waals surface area contributed by atoms with Crippen molar-refractivity contribution in [2.45, 2.75) is 38.2 Å². The molecule has 1 fully saturated rings. The van der Waals surface area contributed by atoms with Gasteiger partial charge in [-0.05, 0) is 49.1 Å². The molecule has 0 radical (unpaired) electrons. The highest BCUT2D eigenvalue weighted by atomic mass is 19.1. The molecule has 2 unspecified atom stereocenters. The zero-order valence-electron chi connectivity index (χ0n) is 17.9. The van der Waals surface area contributed by atoms with E-state index in [1.165, 1.54) is 19.2 Å². The Morgan fingerprint density at radius 1 is 1.28 bits per heavy atom. The molecule has 1 N–H and O–H groups in total. The van der Waals surface area contributed by atoms with E-state index >= 15 is 0 Å². The molecule has 0 spiro atoms. The summed E-state index contributed by atoms with van der Waals surface area (Å²) in [5, 5.41) is 11.6. The molecule has 6 nitrogen and oxygen atoms in total. The van der Waals surface area contributed by atoms with Crippen LogP contribution in [0.3, 0.4) is 0 Å². The fourth-order valence-electron chi connectivity index (χ4n) is 3.36. The third kappa shape index (κ3) is 6.38. The molecular weight excluding hydrogens is 411 g/mol. The van der Waals surface area contributed by atoms with Gasteiger partial charge >= 0.3 is 0 Å². The molecule has 166 valence electrons. The Morgan fingerprint density at radius 3 is 2.78 bits per heavy atom. The highest BCUT2D eigenvalue weighted by molar-refractivity contribution is 5.83. The zero-order valence-corrected chi connectivity index (χ0v) is 17.9. The highest BCUT2D eigenvalue weighted by Crippen LogP contribution is 2.24. The third-order valence-corrected chi connectivity index (χ3v) is 5.04. The maximum atomic E-state index is 14.7. The third-order valence-electron chi connectivity index (χ3n) is 5.04. The van der Waals surface area contributed by atoms with Crippen molar-refractivity contribution in [1.29, 1.82) is 5.26 Å². The lowest BCUT2D eigenvalue weighted by Gasteiger charge is -2.21. The molecule has 2 atom stereocenters. The van der Waals surface area contributed by atoms with Crippen LogP contribution in [-0.4, -0.2) is 32.5 Å². The molecule has 1 aliphatic heterocycles. The van der Waals surface area contributed by atoms with Gasteiger partial charge in [-0.2, -0.15) is 5.26 Å². The highest BCUT2D eigenvalue weighted by Gasteiger charge is 2.26. The quantitative estimate of drug-likeness (QED) is 0.671. The van der Waals surface area contributed by atoms with Gasteiger partial charge < -0.3 is 19.5 Å². The number of hydrogen-bond acceptors (Lipinski definition) is 5. The van der Waals surface area contributed by atoms with Crippen LogP contribution in [0.25, 0.3) is 0 Å². The van der Waals surface area contributed by atoms with Gasteiger partial charge in [0, 0.05) is 31.4 Å². The molecule has 0 aromatic heterocycles. The van der Waals surface area contributed by atoms with Crippen LogP contribution in [0.15, 0.2) is 42.5 Å². The number of hydrogen-bond donors (Lipinski definition) is 1. The standard InChI is InChI=1S/C25H25FN2O4/c1-30-24(25(29)28-17-19-12-10-18(16-27)11-13-19)23-20(6-4-8-21(23)26)7-5-15-32-22-9-2-3-14-31-22/h4,6,8,10-13,22,24H,2-3,9,14-15,17H2,1H3,(H,28,29). The first kappa shape index (κ1) is 23.4. The van der Waals surface area contributed by atoms with Crippen molar-refractivity contribution in [2.75, 3.05) is 20.3 Å². The molecule has 1 saturated heterocycles. The summed E-state index contributed by atoms with van der Waals surface area (Å²) in [7, 11) is 1.35. The molecule has 3 rings (SSSR count). The predicted octanol–water partition coefficient (Wildman–Crippen LogP) is 3.60. The number of methoxy groups -OCH3 is 1. The number of nitrogens with zero attached hydrogens (tertiary/aromatic N) is 1. The van der Waals surface area contributed by atoms with E-state index in [2.05, 4.69) is 17.2 Å². The van der Waals surface area contributed by atoms with E-state index in [1.54, 1.807) is 30.3 Å². The minimum atomic E-state index is -1.17. The summed E-state index contributed by atoms with van der Waals surface area (Å²) in [6.45, 7) is 1.04. The lowest BCUT2D eigenvalue weighted by atomic mass is 10.0. The monoisotopic (exact) mass is 436 g/mol. The fourth-order valence-corrected chi connectivity index (χ4v) is 3.36.